The number of amidine groups is 1. The highest BCUT2D eigenvalue weighted by Gasteiger charge is 2.32. The Morgan fingerprint density at radius 2 is 1.84 bits per heavy atom. The molecule has 0 aliphatic carbocycles. The van der Waals surface area contributed by atoms with Gasteiger partial charge in [-0.05, 0) is 73.2 Å². The first-order valence-electron chi connectivity index (χ1n) is 13.9. The number of hydrogen-bond acceptors (Lipinski definition) is 6. The van der Waals surface area contributed by atoms with Crippen molar-refractivity contribution in [2.24, 2.45) is 4.99 Å². The summed E-state index contributed by atoms with van der Waals surface area (Å²) in [5, 5.41) is 7.62. The molecule has 9 nitrogen and oxygen atoms in total. The van der Waals surface area contributed by atoms with Crippen molar-refractivity contribution in [3.63, 3.8) is 0 Å². The Labute approximate surface area is 256 Å². The third kappa shape index (κ3) is 7.64. The van der Waals surface area contributed by atoms with E-state index < -0.39 is 12.4 Å². The van der Waals surface area contributed by atoms with Gasteiger partial charge in [0.1, 0.15) is 12.1 Å². The molecule has 3 amide bonds. The zero-order valence-corrected chi connectivity index (χ0v) is 24.8. The number of aromatic nitrogens is 3. The summed E-state index contributed by atoms with van der Waals surface area (Å²) in [5.41, 5.74) is 5.19. The maximum atomic E-state index is 12.6. The van der Waals surface area contributed by atoms with Gasteiger partial charge in [-0.15, -0.1) is 18.3 Å². The maximum absolute atomic E-state index is 12.6. The van der Waals surface area contributed by atoms with Gasteiger partial charge in [-0.2, -0.15) is 4.99 Å². The lowest BCUT2D eigenvalue weighted by Gasteiger charge is -2.20. The number of alkyl halides is 3. The maximum Gasteiger partial charge on any atom is 0.573 e. The largest absolute Gasteiger partial charge is 0.573 e. The molecule has 228 valence electrons. The first kappa shape index (κ1) is 30.8. The molecule has 0 bridgehead atoms. The van der Waals surface area contributed by atoms with Crippen LogP contribution in [0.4, 0.5) is 23.7 Å². The fraction of sp³-hybridized carbons (Fsp3) is 0.258. The van der Waals surface area contributed by atoms with Crippen molar-refractivity contribution in [3.8, 4) is 22.8 Å². The van der Waals surface area contributed by atoms with Crippen LogP contribution in [0.1, 0.15) is 30.0 Å². The van der Waals surface area contributed by atoms with Crippen LogP contribution in [0, 0.1) is 6.92 Å². The van der Waals surface area contributed by atoms with Gasteiger partial charge in [0, 0.05) is 12.1 Å². The van der Waals surface area contributed by atoms with Crippen molar-refractivity contribution >= 4 is 34.6 Å². The van der Waals surface area contributed by atoms with Gasteiger partial charge in [-0.3, -0.25) is 9.69 Å². The molecule has 3 aromatic carbocycles. The molecule has 1 aromatic heterocycles. The van der Waals surface area contributed by atoms with Crippen LogP contribution in [0.15, 0.2) is 78.0 Å². The zero-order chi connectivity index (χ0) is 31.3. The highest BCUT2D eigenvalue weighted by molar-refractivity contribution is 8.15. The van der Waals surface area contributed by atoms with Gasteiger partial charge in [-0.1, -0.05) is 55.1 Å². The van der Waals surface area contributed by atoms with Crippen LogP contribution in [0.5, 0.6) is 5.75 Å². The van der Waals surface area contributed by atoms with E-state index in [1.165, 1.54) is 47.0 Å². The summed E-state index contributed by atoms with van der Waals surface area (Å²) in [7, 11) is 0. The number of nitrogens with one attached hydrogen (secondary N) is 1. The summed E-state index contributed by atoms with van der Waals surface area (Å²) in [6, 6.07) is 18.5. The first-order valence-corrected chi connectivity index (χ1v) is 14.9. The smallest absolute Gasteiger partial charge is 0.406 e. The van der Waals surface area contributed by atoms with Gasteiger partial charge >= 0.3 is 12.4 Å². The van der Waals surface area contributed by atoms with Gasteiger partial charge in [0.05, 0.1) is 17.1 Å². The summed E-state index contributed by atoms with van der Waals surface area (Å²) in [4.78, 5) is 35.3. The monoisotopic (exact) mass is 622 g/mol. The van der Waals surface area contributed by atoms with Crippen LogP contribution in [0.25, 0.3) is 17.1 Å². The molecule has 1 aliphatic heterocycles. The number of halogens is 3. The van der Waals surface area contributed by atoms with Gasteiger partial charge < -0.3 is 10.1 Å². The number of aliphatic imine (C=N–C) groups is 1. The number of urea groups is 1. The van der Waals surface area contributed by atoms with Gasteiger partial charge in [-0.25, -0.2) is 14.5 Å². The lowest BCUT2D eigenvalue weighted by Crippen LogP contribution is -2.32. The summed E-state index contributed by atoms with van der Waals surface area (Å²) in [6.45, 7) is 4.40. The second-order valence-electron chi connectivity index (χ2n) is 9.98. The summed E-state index contributed by atoms with van der Waals surface area (Å²) in [6.07, 6.45) is -1.11. The number of carbonyl (C=O) groups is 2. The molecular weight excluding hydrogens is 593 g/mol. The zero-order valence-electron chi connectivity index (χ0n) is 24.0. The van der Waals surface area contributed by atoms with E-state index >= 15 is 0 Å². The minimum Gasteiger partial charge on any atom is -0.406 e. The molecule has 2 heterocycles. The molecule has 0 saturated carbocycles. The van der Waals surface area contributed by atoms with Crippen molar-refractivity contribution in [1.29, 1.82) is 0 Å². The van der Waals surface area contributed by atoms with Crippen molar-refractivity contribution in [2.45, 2.75) is 39.5 Å². The quantitative estimate of drug-likeness (QED) is 0.215. The van der Waals surface area contributed by atoms with Gasteiger partial charge in [0.15, 0.2) is 11.0 Å². The van der Waals surface area contributed by atoms with E-state index in [0.29, 0.717) is 36.1 Å². The normalized spacial score (nSPS) is 14.3. The molecule has 1 saturated heterocycles. The molecule has 44 heavy (non-hydrogen) atoms. The molecule has 0 atom stereocenters. The standard InChI is InChI=1S/C31H29F3N6O3S/c1-3-22-9-6-20(2)17-26(22)40-27(41)18-44-30(40)37-29(42)35-16-4-5-21-7-10-23(11-8-21)28-36-19-39(38-28)24-12-14-25(15-13-24)43-31(32,33)34/h6-15,17,19H,3-5,16,18H2,1-2H3,(H,35,42). The average Bonchev–Trinajstić information content (AvgIpc) is 3.62. The molecule has 1 N–H and O–H groups in total. The van der Waals surface area contributed by atoms with Gasteiger partial charge in [0.25, 0.3) is 0 Å². The Kier molecular flexibility index (Phi) is 9.33. The Balaban J connectivity index is 1.12. The number of aryl methyl sites for hydroxylation is 3. The molecule has 0 radical (unpaired) electrons. The Hall–Kier alpha value is -4.65. The number of amides is 3. The van der Waals surface area contributed by atoms with Crippen molar-refractivity contribution in [1.82, 2.24) is 20.1 Å². The Morgan fingerprint density at radius 3 is 2.55 bits per heavy atom. The molecule has 1 fully saturated rings. The molecule has 0 spiro atoms. The van der Waals surface area contributed by atoms with E-state index in [1.807, 2.05) is 56.3 Å². The number of hydrogen-bond donors (Lipinski definition) is 1. The van der Waals surface area contributed by atoms with Gasteiger partial charge in [0.2, 0.25) is 5.91 Å². The van der Waals surface area contributed by atoms with Crippen molar-refractivity contribution in [2.75, 3.05) is 17.2 Å². The minimum atomic E-state index is -4.75. The lowest BCUT2D eigenvalue weighted by molar-refractivity contribution is -0.274. The SMILES string of the molecule is CCc1ccc(C)cc1N1C(=O)CSC1=NC(=O)NCCCc1ccc(-c2ncn(-c3ccc(OC(F)(F)F)cc3)n2)cc1. The summed E-state index contributed by atoms with van der Waals surface area (Å²) < 4.78 is 42.5. The topological polar surface area (TPSA) is 102 Å². The van der Waals surface area contributed by atoms with E-state index in [-0.39, 0.29) is 17.4 Å². The molecule has 0 unspecified atom stereocenters. The van der Waals surface area contributed by atoms with E-state index in [1.54, 1.807) is 4.90 Å². The molecule has 4 aromatic rings. The number of ether oxygens (including phenoxy) is 1. The van der Waals surface area contributed by atoms with Crippen LogP contribution in [0.3, 0.4) is 0 Å². The fourth-order valence-corrected chi connectivity index (χ4v) is 5.48. The number of thioether (sulfide) groups is 1. The third-order valence-corrected chi connectivity index (χ3v) is 7.71. The van der Waals surface area contributed by atoms with E-state index in [2.05, 4.69) is 25.1 Å². The molecule has 1 aliphatic rings. The predicted molar refractivity (Wildman–Crippen MR) is 163 cm³/mol. The van der Waals surface area contributed by atoms with Crippen LogP contribution in [0.2, 0.25) is 0 Å². The highest BCUT2D eigenvalue weighted by Crippen LogP contribution is 2.31. The second kappa shape index (κ2) is 13.3. The number of nitrogens with zero attached hydrogens (tertiary/aromatic N) is 5. The fourth-order valence-electron chi connectivity index (χ4n) is 4.62. The number of benzene rings is 3. The van der Waals surface area contributed by atoms with Crippen LogP contribution < -0.4 is 15.0 Å². The first-order chi connectivity index (χ1) is 21.1. The highest BCUT2D eigenvalue weighted by atomic mass is 32.2. The van der Waals surface area contributed by atoms with Crippen LogP contribution in [-0.2, 0) is 17.6 Å². The Morgan fingerprint density at radius 1 is 1.09 bits per heavy atom. The van der Waals surface area contributed by atoms with E-state index in [9.17, 15) is 22.8 Å². The van der Waals surface area contributed by atoms with Crippen molar-refractivity contribution in [3.05, 3.63) is 89.7 Å². The molecule has 13 heteroatoms. The minimum absolute atomic E-state index is 0.0964. The number of anilines is 1. The van der Waals surface area contributed by atoms with E-state index in [4.69, 9.17) is 0 Å². The second-order valence-corrected chi connectivity index (χ2v) is 10.9. The van der Waals surface area contributed by atoms with E-state index in [0.717, 1.165) is 34.4 Å². The number of carbonyl (C=O) groups excluding carboxylic acids is 2. The third-order valence-electron chi connectivity index (χ3n) is 6.78. The Bertz CT molecular complexity index is 1670. The molecule has 5 rings (SSSR count). The summed E-state index contributed by atoms with van der Waals surface area (Å²) >= 11 is 1.26. The van der Waals surface area contributed by atoms with Crippen molar-refractivity contribution < 1.29 is 27.5 Å². The lowest BCUT2D eigenvalue weighted by atomic mass is 10.1. The predicted octanol–water partition coefficient (Wildman–Crippen LogP) is 6.48. The average molecular weight is 623 g/mol. The number of rotatable bonds is 9. The molecular formula is C31H29F3N6O3S. The van der Waals surface area contributed by atoms with Crippen LogP contribution in [-0.4, -0.2) is 50.5 Å². The summed E-state index contributed by atoms with van der Waals surface area (Å²) in [5.74, 6) is 0.293. The van der Waals surface area contributed by atoms with Crippen LogP contribution >= 0.6 is 11.8 Å².